The van der Waals surface area contributed by atoms with Gasteiger partial charge in [-0.15, -0.1) is 0 Å². The normalized spacial score (nSPS) is 10.4. The number of aromatic nitrogens is 2. The van der Waals surface area contributed by atoms with Crippen molar-refractivity contribution in [1.29, 1.82) is 5.26 Å². The molecule has 0 aliphatic rings. The number of aryl methyl sites for hydroxylation is 1. The predicted octanol–water partition coefficient (Wildman–Crippen LogP) is 2.29. The SMILES string of the molecule is Cc1cc(=O)c2cc(NC(=O)c3cc(C#N)c[nH]3)ccc2[nH]1. The molecule has 0 spiro atoms. The molecule has 1 amide bonds. The van der Waals surface area contributed by atoms with Crippen molar-refractivity contribution in [1.82, 2.24) is 9.97 Å². The summed E-state index contributed by atoms with van der Waals surface area (Å²) in [7, 11) is 0. The maximum absolute atomic E-state index is 12.1. The lowest BCUT2D eigenvalue weighted by atomic mass is 10.1. The molecule has 2 aromatic heterocycles. The smallest absolute Gasteiger partial charge is 0.272 e. The van der Waals surface area contributed by atoms with Crippen LogP contribution in [0.25, 0.3) is 10.9 Å². The average molecular weight is 292 g/mol. The van der Waals surface area contributed by atoms with Crippen molar-refractivity contribution >= 4 is 22.5 Å². The number of benzene rings is 1. The van der Waals surface area contributed by atoms with Crippen molar-refractivity contribution < 1.29 is 4.79 Å². The van der Waals surface area contributed by atoms with E-state index in [0.717, 1.165) is 11.2 Å². The molecule has 0 bridgehead atoms. The maximum atomic E-state index is 12.1. The van der Waals surface area contributed by atoms with Crippen LogP contribution >= 0.6 is 0 Å². The summed E-state index contributed by atoms with van der Waals surface area (Å²) in [5.74, 6) is -0.371. The van der Waals surface area contributed by atoms with Gasteiger partial charge in [0.1, 0.15) is 11.8 Å². The van der Waals surface area contributed by atoms with E-state index in [0.29, 0.717) is 16.6 Å². The van der Waals surface area contributed by atoms with Crippen LogP contribution in [-0.4, -0.2) is 15.9 Å². The predicted molar refractivity (Wildman–Crippen MR) is 82.8 cm³/mol. The number of hydrogen-bond donors (Lipinski definition) is 3. The van der Waals surface area contributed by atoms with Gasteiger partial charge in [0.05, 0.1) is 5.56 Å². The monoisotopic (exact) mass is 292 g/mol. The van der Waals surface area contributed by atoms with Gasteiger partial charge in [0.2, 0.25) is 0 Å². The van der Waals surface area contributed by atoms with Gasteiger partial charge in [-0.2, -0.15) is 5.26 Å². The van der Waals surface area contributed by atoms with Crippen LogP contribution in [0.1, 0.15) is 21.7 Å². The van der Waals surface area contributed by atoms with E-state index in [1.54, 1.807) is 18.2 Å². The highest BCUT2D eigenvalue weighted by atomic mass is 16.1. The first kappa shape index (κ1) is 13.6. The van der Waals surface area contributed by atoms with Crippen molar-refractivity contribution in [2.45, 2.75) is 6.92 Å². The number of carbonyl (C=O) groups is 1. The highest BCUT2D eigenvalue weighted by molar-refractivity contribution is 6.04. The molecule has 0 unspecified atom stereocenters. The van der Waals surface area contributed by atoms with Crippen molar-refractivity contribution in [2.75, 3.05) is 5.32 Å². The summed E-state index contributed by atoms with van der Waals surface area (Å²) in [4.78, 5) is 29.9. The van der Waals surface area contributed by atoms with Crippen molar-refractivity contribution in [3.05, 3.63) is 63.7 Å². The zero-order chi connectivity index (χ0) is 15.7. The molecule has 108 valence electrons. The van der Waals surface area contributed by atoms with Crippen LogP contribution in [-0.2, 0) is 0 Å². The van der Waals surface area contributed by atoms with E-state index in [-0.39, 0.29) is 17.0 Å². The molecule has 22 heavy (non-hydrogen) atoms. The van der Waals surface area contributed by atoms with E-state index in [9.17, 15) is 9.59 Å². The number of carbonyl (C=O) groups excluding carboxylic acids is 1. The van der Waals surface area contributed by atoms with Gasteiger partial charge in [-0.05, 0) is 31.2 Å². The molecule has 0 aliphatic carbocycles. The summed E-state index contributed by atoms with van der Waals surface area (Å²) in [5, 5.41) is 12.0. The molecule has 0 aliphatic heterocycles. The summed E-state index contributed by atoms with van der Waals surface area (Å²) in [5.41, 5.74) is 2.58. The summed E-state index contributed by atoms with van der Waals surface area (Å²) in [6.07, 6.45) is 1.46. The molecular formula is C16H12N4O2. The van der Waals surface area contributed by atoms with Crippen LogP contribution in [0.2, 0.25) is 0 Å². The summed E-state index contributed by atoms with van der Waals surface area (Å²) >= 11 is 0. The molecule has 0 saturated carbocycles. The molecule has 3 rings (SSSR count). The topological polar surface area (TPSA) is 102 Å². The van der Waals surface area contributed by atoms with Gasteiger partial charge in [0.25, 0.3) is 5.91 Å². The molecule has 1 aromatic carbocycles. The van der Waals surface area contributed by atoms with Crippen LogP contribution in [0.5, 0.6) is 0 Å². The van der Waals surface area contributed by atoms with Crippen LogP contribution in [0.15, 0.2) is 41.3 Å². The number of pyridine rings is 1. The first-order valence-electron chi connectivity index (χ1n) is 6.60. The van der Waals surface area contributed by atoms with Gasteiger partial charge in [0.15, 0.2) is 5.43 Å². The van der Waals surface area contributed by atoms with E-state index in [1.165, 1.54) is 18.3 Å². The average Bonchev–Trinajstić information content (AvgIpc) is 2.97. The molecule has 0 atom stereocenters. The maximum Gasteiger partial charge on any atom is 0.272 e. The quantitative estimate of drug-likeness (QED) is 0.675. The van der Waals surface area contributed by atoms with E-state index >= 15 is 0 Å². The third-order valence-corrected chi connectivity index (χ3v) is 3.28. The number of rotatable bonds is 2. The molecule has 0 fully saturated rings. The number of nitrogens with one attached hydrogen (secondary N) is 3. The van der Waals surface area contributed by atoms with E-state index in [2.05, 4.69) is 15.3 Å². The Morgan fingerprint density at radius 1 is 1.27 bits per heavy atom. The fourth-order valence-corrected chi connectivity index (χ4v) is 2.25. The Balaban J connectivity index is 1.92. The third-order valence-electron chi connectivity index (χ3n) is 3.28. The van der Waals surface area contributed by atoms with Crippen molar-refractivity contribution in [3.8, 4) is 6.07 Å². The number of nitriles is 1. The zero-order valence-corrected chi connectivity index (χ0v) is 11.7. The van der Waals surface area contributed by atoms with Crippen molar-refractivity contribution in [3.63, 3.8) is 0 Å². The number of nitrogens with zero attached hydrogens (tertiary/aromatic N) is 1. The Hall–Kier alpha value is -3.33. The first-order valence-corrected chi connectivity index (χ1v) is 6.60. The standard InChI is InChI=1S/C16H12N4O2/c1-9-4-15(21)12-6-11(2-3-13(12)19-9)20-16(22)14-5-10(7-17)8-18-14/h2-6,8,18H,1H3,(H,19,21)(H,20,22). The van der Waals surface area contributed by atoms with Gasteiger partial charge in [-0.25, -0.2) is 0 Å². The molecule has 6 heteroatoms. The van der Waals surface area contributed by atoms with Crippen LogP contribution in [0, 0.1) is 18.3 Å². The van der Waals surface area contributed by atoms with Crippen LogP contribution < -0.4 is 10.7 Å². The molecular weight excluding hydrogens is 280 g/mol. The van der Waals surface area contributed by atoms with Gasteiger partial charge in [0, 0.05) is 34.5 Å². The van der Waals surface area contributed by atoms with Gasteiger partial charge in [-0.3, -0.25) is 9.59 Å². The van der Waals surface area contributed by atoms with Gasteiger partial charge < -0.3 is 15.3 Å². The lowest BCUT2D eigenvalue weighted by Crippen LogP contribution is -2.12. The zero-order valence-electron chi connectivity index (χ0n) is 11.7. The highest BCUT2D eigenvalue weighted by Crippen LogP contribution is 2.16. The number of hydrogen-bond acceptors (Lipinski definition) is 3. The van der Waals surface area contributed by atoms with E-state index in [4.69, 9.17) is 5.26 Å². The number of fused-ring (bicyclic) bond motifs is 1. The number of amides is 1. The first-order chi connectivity index (χ1) is 10.6. The second-order valence-electron chi connectivity index (χ2n) is 4.94. The fourth-order valence-electron chi connectivity index (χ4n) is 2.25. The number of anilines is 1. The fraction of sp³-hybridized carbons (Fsp3) is 0.0625. The highest BCUT2D eigenvalue weighted by Gasteiger charge is 2.10. The lowest BCUT2D eigenvalue weighted by molar-refractivity contribution is 0.102. The minimum Gasteiger partial charge on any atom is -0.358 e. The Morgan fingerprint density at radius 2 is 2.09 bits per heavy atom. The third kappa shape index (κ3) is 2.47. The second kappa shape index (κ2) is 5.22. The summed E-state index contributed by atoms with van der Waals surface area (Å²) < 4.78 is 0. The minimum atomic E-state index is -0.371. The molecule has 3 N–H and O–H groups in total. The second-order valence-corrected chi connectivity index (χ2v) is 4.94. The van der Waals surface area contributed by atoms with Crippen LogP contribution in [0.3, 0.4) is 0 Å². The van der Waals surface area contributed by atoms with E-state index in [1.807, 2.05) is 13.0 Å². The Kier molecular flexibility index (Phi) is 3.24. The molecule has 0 radical (unpaired) electrons. The molecule has 3 aromatic rings. The number of aromatic amines is 2. The van der Waals surface area contributed by atoms with Gasteiger partial charge >= 0.3 is 0 Å². The number of H-pyrrole nitrogens is 2. The van der Waals surface area contributed by atoms with Crippen LogP contribution in [0.4, 0.5) is 5.69 Å². The lowest BCUT2D eigenvalue weighted by Gasteiger charge is -2.06. The molecule has 0 saturated heterocycles. The van der Waals surface area contributed by atoms with E-state index < -0.39 is 0 Å². The molecule has 6 nitrogen and oxygen atoms in total. The van der Waals surface area contributed by atoms with Gasteiger partial charge in [-0.1, -0.05) is 0 Å². The largest absolute Gasteiger partial charge is 0.358 e. The Morgan fingerprint density at radius 3 is 2.82 bits per heavy atom. The summed E-state index contributed by atoms with van der Waals surface area (Å²) in [6.45, 7) is 1.81. The molecule has 2 heterocycles. The van der Waals surface area contributed by atoms with Crippen molar-refractivity contribution in [2.24, 2.45) is 0 Å². The minimum absolute atomic E-state index is 0.103. The Bertz CT molecular complexity index is 976. The Labute approximate surface area is 125 Å². The summed E-state index contributed by atoms with van der Waals surface area (Å²) in [6, 6.07) is 10.0.